The molecule has 2 aromatic carbocycles. The number of thiophene rings is 2. The van der Waals surface area contributed by atoms with Crippen molar-refractivity contribution in [2.45, 2.75) is 79.1 Å². The number of amides is 2. The summed E-state index contributed by atoms with van der Waals surface area (Å²) >= 11 is 3.18. The number of carbonyl (C=O) groups excluding carboxylic acids is 2. The lowest BCUT2D eigenvalue weighted by Crippen LogP contribution is -2.34. The Morgan fingerprint density at radius 2 is 1.02 bits per heavy atom. The Hall–Kier alpha value is -3.88. The summed E-state index contributed by atoms with van der Waals surface area (Å²) in [5.74, 6) is 0.604. The van der Waals surface area contributed by atoms with Gasteiger partial charge in [-0.05, 0) is 72.2 Å². The highest BCUT2D eigenvalue weighted by Crippen LogP contribution is 2.50. The molecule has 6 nitrogen and oxygen atoms in total. The SMILES string of the molecule is CCCCC(CC)CN1C(=O)/C(=C2/C(=O)N(CC(CC)CCCC)c3cc(-c4ccc(OC)s4)ccc32)c2ccc(-c3ccc(OC)s3)cc21. The third-order valence-corrected chi connectivity index (χ3v) is 12.6. The molecule has 0 fully saturated rings. The number of fused-ring (bicyclic) bond motifs is 2. The van der Waals surface area contributed by atoms with E-state index >= 15 is 0 Å². The van der Waals surface area contributed by atoms with Crippen molar-refractivity contribution in [2.24, 2.45) is 11.8 Å². The van der Waals surface area contributed by atoms with E-state index in [1.54, 1.807) is 36.9 Å². The van der Waals surface area contributed by atoms with Gasteiger partial charge in [-0.15, -0.1) is 0 Å². The van der Waals surface area contributed by atoms with Gasteiger partial charge in [-0.25, -0.2) is 0 Å². The molecule has 2 aliphatic heterocycles. The number of rotatable bonds is 16. The van der Waals surface area contributed by atoms with Crippen LogP contribution in [0.25, 0.3) is 32.0 Å². The van der Waals surface area contributed by atoms with Gasteiger partial charge in [0.05, 0.1) is 36.7 Å². The van der Waals surface area contributed by atoms with Crippen molar-refractivity contribution < 1.29 is 19.1 Å². The molecule has 2 amide bonds. The minimum atomic E-state index is -0.0721. The number of carbonyl (C=O) groups is 2. The Morgan fingerprint density at radius 1 is 0.600 bits per heavy atom. The molecule has 0 spiro atoms. The fourth-order valence-corrected chi connectivity index (χ4v) is 8.96. The first kappa shape index (κ1) is 35.9. The number of ether oxygens (including phenoxy) is 2. The summed E-state index contributed by atoms with van der Waals surface area (Å²) < 4.78 is 11.0. The monoisotopic (exact) mass is 710 g/mol. The van der Waals surface area contributed by atoms with Crippen molar-refractivity contribution in [2.75, 3.05) is 37.1 Å². The molecule has 2 unspecified atom stereocenters. The van der Waals surface area contributed by atoms with Gasteiger partial charge in [0.15, 0.2) is 10.1 Å². The van der Waals surface area contributed by atoms with Gasteiger partial charge in [0.2, 0.25) is 0 Å². The van der Waals surface area contributed by atoms with Crippen LogP contribution >= 0.6 is 22.7 Å². The fourth-order valence-electron chi connectivity index (χ4n) is 7.33. The van der Waals surface area contributed by atoms with Crippen LogP contribution in [0, 0.1) is 11.8 Å². The van der Waals surface area contributed by atoms with E-state index < -0.39 is 0 Å². The Labute approximate surface area is 305 Å². The van der Waals surface area contributed by atoms with Crippen LogP contribution in [0.3, 0.4) is 0 Å². The van der Waals surface area contributed by atoms with E-state index in [2.05, 4.69) is 76.2 Å². The number of nitrogens with zero attached hydrogens (tertiary/aromatic N) is 2. The maximum absolute atomic E-state index is 14.8. The Bertz CT molecular complexity index is 1740. The summed E-state index contributed by atoms with van der Waals surface area (Å²) in [5, 5.41) is 1.69. The summed E-state index contributed by atoms with van der Waals surface area (Å²) in [6.07, 6.45) is 8.64. The number of unbranched alkanes of at least 4 members (excludes halogenated alkanes) is 2. The van der Waals surface area contributed by atoms with Crippen molar-refractivity contribution in [3.05, 3.63) is 71.8 Å². The zero-order valence-corrected chi connectivity index (χ0v) is 32.0. The number of benzene rings is 2. The van der Waals surface area contributed by atoms with Crippen molar-refractivity contribution in [3.8, 4) is 31.0 Å². The van der Waals surface area contributed by atoms with Gasteiger partial charge in [0, 0.05) is 34.0 Å². The van der Waals surface area contributed by atoms with Crippen LogP contribution in [0.5, 0.6) is 10.1 Å². The third kappa shape index (κ3) is 7.02. The molecule has 264 valence electrons. The van der Waals surface area contributed by atoms with Crippen molar-refractivity contribution in [3.63, 3.8) is 0 Å². The smallest absolute Gasteiger partial charge is 0.259 e. The Kier molecular flexibility index (Phi) is 11.5. The lowest BCUT2D eigenvalue weighted by atomic mass is 9.95. The summed E-state index contributed by atoms with van der Waals surface area (Å²) in [4.78, 5) is 35.8. The van der Waals surface area contributed by atoms with Gasteiger partial charge in [0.1, 0.15) is 0 Å². The largest absolute Gasteiger partial charge is 0.487 e. The molecule has 6 rings (SSSR count). The van der Waals surface area contributed by atoms with E-state index in [0.29, 0.717) is 36.1 Å². The van der Waals surface area contributed by atoms with E-state index in [1.165, 1.54) is 0 Å². The molecule has 4 heterocycles. The predicted molar refractivity (Wildman–Crippen MR) is 211 cm³/mol. The normalized spacial score (nSPS) is 16.6. The van der Waals surface area contributed by atoms with E-state index in [4.69, 9.17) is 9.47 Å². The number of hydrogen-bond acceptors (Lipinski definition) is 6. The molecule has 0 saturated carbocycles. The molecular weight excluding hydrogens is 661 g/mol. The molecule has 50 heavy (non-hydrogen) atoms. The topological polar surface area (TPSA) is 59.1 Å². The molecule has 2 atom stereocenters. The van der Waals surface area contributed by atoms with Gasteiger partial charge in [0.25, 0.3) is 11.8 Å². The highest BCUT2D eigenvalue weighted by Gasteiger charge is 2.43. The summed E-state index contributed by atoms with van der Waals surface area (Å²) in [7, 11) is 3.37. The molecule has 0 radical (unpaired) electrons. The second-order valence-electron chi connectivity index (χ2n) is 13.5. The average Bonchev–Trinajstić information content (AvgIpc) is 3.93. The summed E-state index contributed by atoms with van der Waals surface area (Å²) in [6, 6.07) is 20.7. The molecule has 0 bridgehead atoms. The minimum absolute atomic E-state index is 0.0721. The predicted octanol–water partition coefficient (Wildman–Crippen LogP) is 11.2. The first-order chi connectivity index (χ1) is 24.3. The van der Waals surface area contributed by atoms with E-state index in [0.717, 1.165) is 105 Å². The first-order valence-corrected chi connectivity index (χ1v) is 19.9. The molecule has 0 N–H and O–H groups in total. The number of hydrogen-bond donors (Lipinski definition) is 0. The standard InChI is InChI=1S/C42H50N2O4S2/c1-7-11-13-27(9-3)25-43-33-23-29(35-19-21-37(47-5)49-35)15-17-31(33)39(41(43)45)40-32-18-16-30(36-20-22-38(48-6)50-36)24-34(32)44(42(40)46)26-28(10-4)14-12-8-2/h15-24,27-28H,7-14,25-26H2,1-6H3/b40-39+. The molecule has 2 aliphatic rings. The highest BCUT2D eigenvalue weighted by atomic mass is 32.1. The van der Waals surface area contributed by atoms with Gasteiger partial charge in [-0.3, -0.25) is 9.59 Å². The lowest BCUT2D eigenvalue weighted by Gasteiger charge is -2.24. The quantitative estimate of drug-likeness (QED) is 0.109. The number of anilines is 2. The zero-order valence-electron chi connectivity index (χ0n) is 30.3. The average molecular weight is 711 g/mol. The van der Waals surface area contributed by atoms with Crippen LogP contribution in [-0.4, -0.2) is 39.1 Å². The van der Waals surface area contributed by atoms with Crippen molar-refractivity contribution in [1.29, 1.82) is 0 Å². The van der Waals surface area contributed by atoms with E-state index in [1.807, 2.05) is 21.9 Å². The fraction of sp³-hybridized carbons (Fsp3) is 0.429. The highest BCUT2D eigenvalue weighted by molar-refractivity contribution is 7.17. The maximum atomic E-state index is 14.8. The maximum Gasteiger partial charge on any atom is 0.259 e. The van der Waals surface area contributed by atoms with Crippen LogP contribution in [0.1, 0.15) is 90.2 Å². The third-order valence-electron chi connectivity index (χ3n) is 10.4. The Balaban J connectivity index is 1.50. The Morgan fingerprint density at radius 3 is 1.36 bits per heavy atom. The van der Waals surface area contributed by atoms with E-state index in [-0.39, 0.29) is 11.8 Å². The first-order valence-electron chi connectivity index (χ1n) is 18.3. The number of methoxy groups -OCH3 is 2. The van der Waals surface area contributed by atoms with Crippen LogP contribution in [-0.2, 0) is 9.59 Å². The van der Waals surface area contributed by atoms with Crippen molar-refractivity contribution >= 4 is 57.0 Å². The van der Waals surface area contributed by atoms with Gasteiger partial charge >= 0.3 is 0 Å². The van der Waals surface area contributed by atoms with Crippen molar-refractivity contribution in [1.82, 2.24) is 0 Å². The molecule has 0 saturated heterocycles. The second kappa shape index (κ2) is 16.0. The molecule has 4 aromatic rings. The molecular formula is C42H50N2O4S2. The van der Waals surface area contributed by atoms with E-state index in [9.17, 15) is 9.59 Å². The summed E-state index contributed by atoms with van der Waals surface area (Å²) in [6.45, 7) is 10.1. The summed E-state index contributed by atoms with van der Waals surface area (Å²) in [5.41, 5.74) is 6.61. The molecule has 0 aliphatic carbocycles. The van der Waals surface area contributed by atoms with Gasteiger partial charge < -0.3 is 19.3 Å². The van der Waals surface area contributed by atoms with Gasteiger partial charge in [-0.2, -0.15) is 0 Å². The van der Waals surface area contributed by atoms with Crippen LogP contribution in [0.15, 0.2) is 60.7 Å². The minimum Gasteiger partial charge on any atom is -0.487 e. The second-order valence-corrected chi connectivity index (χ2v) is 15.6. The van der Waals surface area contributed by atoms with Crippen LogP contribution in [0.4, 0.5) is 11.4 Å². The van der Waals surface area contributed by atoms with Gasteiger partial charge in [-0.1, -0.05) is 113 Å². The van der Waals surface area contributed by atoms with Crippen LogP contribution in [0.2, 0.25) is 0 Å². The molecule has 8 heteroatoms. The van der Waals surface area contributed by atoms with Crippen LogP contribution < -0.4 is 19.3 Å². The molecule has 2 aromatic heterocycles. The zero-order chi connectivity index (χ0) is 35.4. The lowest BCUT2D eigenvalue weighted by molar-refractivity contribution is -0.114.